The maximum absolute atomic E-state index is 10.7. The highest BCUT2D eigenvalue weighted by atomic mass is 16.3. The number of rotatable bonds is 2. The molecule has 1 atom stereocenters. The van der Waals surface area contributed by atoms with Gasteiger partial charge in [-0.05, 0) is 25.1 Å². The summed E-state index contributed by atoms with van der Waals surface area (Å²) in [6, 6.07) is 13.5. The topological polar surface area (TPSA) is 46.0 Å². The standard InChI is InChI=1S/C16H14N2O/c1-16(19,13-6-4-8-17-10-13)14-9-12-5-2-3-7-15(12)18-11-14/h2-11,19H,1H3. The molecule has 19 heavy (non-hydrogen) atoms. The molecule has 1 aromatic carbocycles. The van der Waals surface area contributed by atoms with E-state index in [2.05, 4.69) is 9.97 Å². The molecule has 3 nitrogen and oxygen atoms in total. The summed E-state index contributed by atoms with van der Waals surface area (Å²) in [5, 5.41) is 11.8. The zero-order chi connectivity index (χ0) is 13.3. The summed E-state index contributed by atoms with van der Waals surface area (Å²) in [4.78, 5) is 8.45. The zero-order valence-corrected chi connectivity index (χ0v) is 10.6. The van der Waals surface area contributed by atoms with Crippen LogP contribution in [0.5, 0.6) is 0 Å². The SMILES string of the molecule is CC(O)(c1cccnc1)c1cnc2ccccc2c1. The van der Waals surface area contributed by atoms with Crippen molar-refractivity contribution in [1.29, 1.82) is 0 Å². The molecule has 0 spiro atoms. The Morgan fingerprint density at radius 1 is 1.00 bits per heavy atom. The fourth-order valence-corrected chi connectivity index (χ4v) is 2.15. The molecule has 1 unspecified atom stereocenters. The lowest BCUT2D eigenvalue weighted by molar-refractivity contribution is 0.102. The van der Waals surface area contributed by atoms with Crippen LogP contribution in [-0.4, -0.2) is 15.1 Å². The van der Waals surface area contributed by atoms with Crippen molar-refractivity contribution in [3.63, 3.8) is 0 Å². The first-order chi connectivity index (χ1) is 9.18. The molecule has 3 rings (SSSR count). The molecule has 0 aliphatic rings. The number of hydrogen-bond donors (Lipinski definition) is 1. The Morgan fingerprint density at radius 2 is 1.84 bits per heavy atom. The molecule has 0 aliphatic heterocycles. The molecule has 0 radical (unpaired) electrons. The van der Waals surface area contributed by atoms with Crippen molar-refractivity contribution >= 4 is 10.9 Å². The first-order valence-electron chi connectivity index (χ1n) is 6.16. The number of para-hydroxylation sites is 1. The van der Waals surface area contributed by atoms with Crippen LogP contribution >= 0.6 is 0 Å². The third-order valence-electron chi connectivity index (χ3n) is 3.38. The summed E-state index contributed by atoms with van der Waals surface area (Å²) in [6.45, 7) is 1.76. The van der Waals surface area contributed by atoms with E-state index in [4.69, 9.17) is 0 Å². The fraction of sp³-hybridized carbons (Fsp3) is 0.125. The van der Waals surface area contributed by atoms with E-state index in [1.54, 1.807) is 25.5 Å². The summed E-state index contributed by atoms with van der Waals surface area (Å²) in [5.74, 6) is 0. The van der Waals surface area contributed by atoms with Crippen LogP contribution in [0.3, 0.4) is 0 Å². The zero-order valence-electron chi connectivity index (χ0n) is 10.6. The van der Waals surface area contributed by atoms with Crippen molar-refractivity contribution in [2.45, 2.75) is 12.5 Å². The number of fused-ring (bicyclic) bond motifs is 1. The Bertz CT molecular complexity index is 708. The van der Waals surface area contributed by atoms with Gasteiger partial charge in [-0.1, -0.05) is 24.3 Å². The Kier molecular flexibility index (Phi) is 2.76. The van der Waals surface area contributed by atoms with Crippen molar-refractivity contribution in [2.24, 2.45) is 0 Å². The molecule has 0 fully saturated rings. The van der Waals surface area contributed by atoms with E-state index in [9.17, 15) is 5.11 Å². The van der Waals surface area contributed by atoms with Crippen LogP contribution in [-0.2, 0) is 5.60 Å². The summed E-state index contributed by atoms with van der Waals surface area (Å²) < 4.78 is 0. The highest BCUT2D eigenvalue weighted by Gasteiger charge is 2.26. The minimum absolute atomic E-state index is 0.757. The van der Waals surface area contributed by atoms with Gasteiger partial charge in [-0.2, -0.15) is 0 Å². The molecule has 2 aromatic heterocycles. The molecule has 0 bridgehead atoms. The maximum Gasteiger partial charge on any atom is 0.115 e. The molecule has 94 valence electrons. The van der Waals surface area contributed by atoms with Crippen molar-refractivity contribution in [2.75, 3.05) is 0 Å². The summed E-state index contributed by atoms with van der Waals surface area (Å²) in [5.41, 5.74) is 1.35. The minimum Gasteiger partial charge on any atom is -0.381 e. The van der Waals surface area contributed by atoms with Crippen LogP contribution in [0.1, 0.15) is 18.1 Å². The normalized spacial score (nSPS) is 14.2. The molecule has 2 heterocycles. The predicted molar refractivity (Wildman–Crippen MR) is 74.7 cm³/mol. The van der Waals surface area contributed by atoms with Crippen LogP contribution < -0.4 is 0 Å². The maximum atomic E-state index is 10.7. The molecular weight excluding hydrogens is 236 g/mol. The van der Waals surface area contributed by atoms with Crippen LogP contribution in [0.25, 0.3) is 10.9 Å². The van der Waals surface area contributed by atoms with Gasteiger partial charge < -0.3 is 5.11 Å². The van der Waals surface area contributed by atoms with Crippen molar-refractivity contribution in [3.05, 3.63) is 72.2 Å². The van der Waals surface area contributed by atoms with Gasteiger partial charge in [-0.15, -0.1) is 0 Å². The number of hydrogen-bond acceptors (Lipinski definition) is 3. The number of aromatic nitrogens is 2. The third-order valence-corrected chi connectivity index (χ3v) is 3.38. The minimum atomic E-state index is -1.09. The monoisotopic (exact) mass is 250 g/mol. The van der Waals surface area contributed by atoms with Crippen LogP contribution in [0.2, 0.25) is 0 Å². The van der Waals surface area contributed by atoms with Crippen LogP contribution in [0.4, 0.5) is 0 Å². The lowest BCUT2D eigenvalue weighted by Gasteiger charge is -2.23. The summed E-state index contributed by atoms with van der Waals surface area (Å²) in [6.07, 6.45) is 5.09. The second-order valence-corrected chi connectivity index (χ2v) is 4.73. The van der Waals surface area contributed by atoms with E-state index in [0.29, 0.717) is 0 Å². The van der Waals surface area contributed by atoms with E-state index in [0.717, 1.165) is 22.0 Å². The molecule has 3 heteroatoms. The van der Waals surface area contributed by atoms with E-state index >= 15 is 0 Å². The molecule has 0 amide bonds. The Hall–Kier alpha value is -2.26. The molecule has 0 saturated carbocycles. The van der Waals surface area contributed by atoms with Gasteiger partial charge in [0, 0.05) is 35.1 Å². The molecule has 0 aliphatic carbocycles. The Balaban J connectivity index is 2.13. The molecule has 0 saturated heterocycles. The smallest absolute Gasteiger partial charge is 0.115 e. The molecule has 3 aromatic rings. The second-order valence-electron chi connectivity index (χ2n) is 4.73. The van der Waals surface area contributed by atoms with E-state index in [1.807, 2.05) is 42.5 Å². The van der Waals surface area contributed by atoms with E-state index < -0.39 is 5.60 Å². The highest BCUT2D eigenvalue weighted by molar-refractivity contribution is 5.79. The second kappa shape index (κ2) is 4.44. The van der Waals surface area contributed by atoms with E-state index in [1.165, 1.54) is 0 Å². The number of aliphatic hydroxyl groups is 1. The van der Waals surface area contributed by atoms with Gasteiger partial charge in [0.2, 0.25) is 0 Å². The third kappa shape index (κ3) is 2.09. The lowest BCUT2D eigenvalue weighted by atomic mass is 9.90. The first kappa shape index (κ1) is 11.8. The number of benzene rings is 1. The summed E-state index contributed by atoms with van der Waals surface area (Å²) >= 11 is 0. The predicted octanol–water partition coefficient (Wildman–Crippen LogP) is 2.89. The number of pyridine rings is 2. The van der Waals surface area contributed by atoms with Gasteiger partial charge in [-0.3, -0.25) is 9.97 Å². The van der Waals surface area contributed by atoms with Gasteiger partial charge in [0.1, 0.15) is 5.60 Å². The fourth-order valence-electron chi connectivity index (χ4n) is 2.15. The largest absolute Gasteiger partial charge is 0.381 e. The van der Waals surface area contributed by atoms with Gasteiger partial charge >= 0.3 is 0 Å². The highest BCUT2D eigenvalue weighted by Crippen LogP contribution is 2.29. The van der Waals surface area contributed by atoms with Crippen LogP contribution in [0, 0.1) is 0 Å². The van der Waals surface area contributed by atoms with E-state index in [-0.39, 0.29) is 0 Å². The average molecular weight is 250 g/mol. The Morgan fingerprint density at radius 3 is 2.63 bits per heavy atom. The van der Waals surface area contributed by atoms with Gasteiger partial charge in [0.15, 0.2) is 0 Å². The summed E-state index contributed by atoms with van der Waals surface area (Å²) in [7, 11) is 0. The lowest BCUT2D eigenvalue weighted by Crippen LogP contribution is -2.23. The molecular formula is C16H14N2O. The average Bonchev–Trinajstić information content (AvgIpc) is 2.47. The van der Waals surface area contributed by atoms with Crippen molar-refractivity contribution in [3.8, 4) is 0 Å². The van der Waals surface area contributed by atoms with Gasteiger partial charge in [0.05, 0.1) is 5.52 Å². The quantitative estimate of drug-likeness (QED) is 0.760. The van der Waals surface area contributed by atoms with Crippen LogP contribution in [0.15, 0.2) is 61.1 Å². The van der Waals surface area contributed by atoms with Crippen molar-refractivity contribution in [1.82, 2.24) is 9.97 Å². The Labute approximate surface area is 111 Å². The molecule has 1 N–H and O–H groups in total. The van der Waals surface area contributed by atoms with Gasteiger partial charge in [0.25, 0.3) is 0 Å². The van der Waals surface area contributed by atoms with Gasteiger partial charge in [-0.25, -0.2) is 0 Å². The van der Waals surface area contributed by atoms with Crippen molar-refractivity contribution < 1.29 is 5.11 Å². The number of nitrogens with zero attached hydrogens (tertiary/aromatic N) is 2. The first-order valence-corrected chi connectivity index (χ1v) is 6.16.